The number of hydrogen-bond donors (Lipinski definition) is 3. The van der Waals surface area contributed by atoms with Crippen LogP contribution in [0.5, 0.6) is 0 Å². The molecule has 0 aliphatic heterocycles. The van der Waals surface area contributed by atoms with Gasteiger partial charge in [-0.05, 0) is 13.3 Å². The highest BCUT2D eigenvalue weighted by atomic mass is 32.2. The third-order valence-corrected chi connectivity index (χ3v) is 2.52. The lowest BCUT2D eigenvalue weighted by molar-refractivity contribution is 0.146. The van der Waals surface area contributed by atoms with E-state index in [2.05, 4.69) is 15.7 Å². The zero-order valence-corrected chi connectivity index (χ0v) is 10.8. The van der Waals surface area contributed by atoms with Gasteiger partial charge in [-0.1, -0.05) is 0 Å². The molecule has 6 nitrogen and oxygen atoms in total. The molecule has 0 saturated heterocycles. The van der Waals surface area contributed by atoms with Crippen LogP contribution in [0.1, 0.15) is 13.3 Å². The third kappa shape index (κ3) is 9.88. The van der Waals surface area contributed by atoms with Crippen molar-refractivity contribution in [3.05, 3.63) is 0 Å². The Hall–Kier alpha value is -0.660. The Morgan fingerprint density at radius 3 is 2.88 bits per heavy atom. The minimum absolute atomic E-state index is 0.530. The van der Waals surface area contributed by atoms with Crippen molar-refractivity contribution >= 4 is 16.8 Å². The summed E-state index contributed by atoms with van der Waals surface area (Å²) < 4.78 is 16.0. The molecular weight excluding hydrogens is 228 g/mol. The van der Waals surface area contributed by atoms with Gasteiger partial charge in [-0.25, -0.2) is 5.84 Å². The molecule has 16 heavy (non-hydrogen) atoms. The average Bonchev–Trinajstić information content (AvgIpc) is 2.26. The maximum Gasteiger partial charge on any atom is 0.205 e. The van der Waals surface area contributed by atoms with Crippen molar-refractivity contribution in [1.29, 1.82) is 0 Å². The molecule has 0 aliphatic rings. The fourth-order valence-electron chi connectivity index (χ4n) is 0.968. The van der Waals surface area contributed by atoms with Crippen LogP contribution in [0.3, 0.4) is 0 Å². The van der Waals surface area contributed by atoms with Gasteiger partial charge in [-0.2, -0.15) is 0 Å². The van der Waals surface area contributed by atoms with Crippen LogP contribution in [0, 0.1) is 0 Å². The Morgan fingerprint density at radius 2 is 2.31 bits per heavy atom. The van der Waals surface area contributed by atoms with E-state index in [1.807, 2.05) is 6.92 Å². The second-order valence-corrected chi connectivity index (χ2v) is 4.68. The zero-order valence-electron chi connectivity index (χ0n) is 9.99. The Kier molecular flexibility index (Phi) is 10.4. The highest BCUT2D eigenvalue weighted by molar-refractivity contribution is 7.84. The molecule has 0 aromatic carbocycles. The fraction of sp³-hybridized carbons (Fsp3) is 0.889. The largest absolute Gasteiger partial charge is 0.382 e. The monoisotopic (exact) mass is 250 g/mol. The second-order valence-electron chi connectivity index (χ2n) is 3.13. The maximum atomic E-state index is 10.8. The topological polar surface area (TPSA) is 88.7 Å². The van der Waals surface area contributed by atoms with Crippen LogP contribution in [0.2, 0.25) is 0 Å². The second kappa shape index (κ2) is 10.8. The summed E-state index contributed by atoms with van der Waals surface area (Å²) in [5, 5.41) is 2.97. The molecule has 0 radical (unpaired) electrons. The number of rotatable bonds is 8. The predicted molar refractivity (Wildman–Crippen MR) is 67.7 cm³/mol. The lowest BCUT2D eigenvalue weighted by Crippen LogP contribution is -2.43. The molecule has 1 unspecified atom stereocenters. The van der Waals surface area contributed by atoms with Crippen molar-refractivity contribution in [3.8, 4) is 0 Å². The first-order valence-electron chi connectivity index (χ1n) is 5.33. The van der Waals surface area contributed by atoms with Crippen LogP contribution in [-0.4, -0.2) is 48.5 Å². The smallest absolute Gasteiger partial charge is 0.205 e. The molecule has 96 valence electrons. The molecule has 0 rings (SSSR count). The van der Waals surface area contributed by atoms with Crippen molar-refractivity contribution in [2.45, 2.75) is 13.3 Å². The van der Waals surface area contributed by atoms with Crippen LogP contribution in [0.15, 0.2) is 4.99 Å². The Bertz CT molecular complexity index is 224. The van der Waals surface area contributed by atoms with Gasteiger partial charge in [0.1, 0.15) is 0 Å². The van der Waals surface area contributed by atoms with Crippen LogP contribution in [-0.2, 0) is 15.5 Å². The number of nitrogens with one attached hydrogen (secondary N) is 2. The van der Waals surface area contributed by atoms with E-state index < -0.39 is 10.8 Å². The quantitative estimate of drug-likeness (QED) is 0.173. The predicted octanol–water partition coefficient (Wildman–Crippen LogP) is -0.800. The van der Waals surface area contributed by atoms with E-state index in [0.717, 1.165) is 13.0 Å². The van der Waals surface area contributed by atoms with Gasteiger partial charge < -0.3 is 10.1 Å². The van der Waals surface area contributed by atoms with Crippen molar-refractivity contribution in [3.63, 3.8) is 0 Å². The van der Waals surface area contributed by atoms with E-state index in [0.29, 0.717) is 31.4 Å². The third-order valence-electron chi connectivity index (χ3n) is 1.74. The van der Waals surface area contributed by atoms with Crippen molar-refractivity contribution in [1.82, 2.24) is 10.7 Å². The van der Waals surface area contributed by atoms with Gasteiger partial charge >= 0.3 is 0 Å². The number of aliphatic imine (C=N–C) groups is 1. The highest BCUT2D eigenvalue weighted by Crippen LogP contribution is 1.84. The Labute approximate surface area is 99.5 Å². The van der Waals surface area contributed by atoms with Crippen LogP contribution in [0.4, 0.5) is 0 Å². The standard InChI is InChI=1S/C9H22N4O2S/c1-3-15-7-4-5-11-9(13-10)12-6-8-16(2)14/h3-8,10H2,1-2H3,(H2,11,12,13). The molecular formula is C9H22N4O2S. The minimum Gasteiger partial charge on any atom is -0.382 e. The van der Waals surface area contributed by atoms with Gasteiger partial charge in [0, 0.05) is 49.1 Å². The molecule has 4 N–H and O–H groups in total. The van der Waals surface area contributed by atoms with Crippen LogP contribution < -0.4 is 16.6 Å². The molecule has 0 spiro atoms. The summed E-state index contributed by atoms with van der Waals surface area (Å²) in [6, 6.07) is 0. The van der Waals surface area contributed by atoms with Crippen molar-refractivity contribution in [2.75, 3.05) is 38.3 Å². The first-order valence-corrected chi connectivity index (χ1v) is 7.06. The minimum atomic E-state index is -0.800. The summed E-state index contributed by atoms with van der Waals surface area (Å²) in [6.45, 7) is 4.64. The molecule has 7 heteroatoms. The van der Waals surface area contributed by atoms with E-state index >= 15 is 0 Å². The van der Waals surface area contributed by atoms with Gasteiger partial charge in [0.15, 0.2) is 0 Å². The van der Waals surface area contributed by atoms with Gasteiger partial charge in [-0.15, -0.1) is 0 Å². The van der Waals surface area contributed by atoms with E-state index in [4.69, 9.17) is 10.6 Å². The first kappa shape index (κ1) is 15.3. The average molecular weight is 250 g/mol. The Morgan fingerprint density at radius 1 is 1.56 bits per heavy atom. The molecule has 0 aromatic rings. The summed E-state index contributed by atoms with van der Waals surface area (Å²) in [7, 11) is -0.800. The van der Waals surface area contributed by atoms with Gasteiger partial charge in [0.2, 0.25) is 5.96 Å². The molecule has 0 fully saturated rings. The summed E-state index contributed by atoms with van der Waals surface area (Å²) in [5.74, 6) is 6.39. The summed E-state index contributed by atoms with van der Waals surface area (Å²) in [4.78, 5) is 4.20. The number of nitrogens with zero attached hydrogens (tertiary/aromatic N) is 1. The van der Waals surface area contributed by atoms with Gasteiger partial charge in [0.25, 0.3) is 0 Å². The lowest BCUT2D eigenvalue weighted by Gasteiger charge is -2.08. The van der Waals surface area contributed by atoms with Crippen LogP contribution in [0.25, 0.3) is 0 Å². The maximum absolute atomic E-state index is 10.8. The number of ether oxygens (including phenoxy) is 1. The molecule has 1 atom stereocenters. The number of hydrazine groups is 1. The normalized spacial score (nSPS) is 13.6. The van der Waals surface area contributed by atoms with E-state index in [9.17, 15) is 4.21 Å². The molecule has 0 amide bonds. The lowest BCUT2D eigenvalue weighted by atomic mass is 10.4. The van der Waals surface area contributed by atoms with Crippen molar-refractivity contribution in [2.24, 2.45) is 10.8 Å². The first-order chi connectivity index (χ1) is 7.70. The number of hydrogen-bond acceptors (Lipinski definition) is 4. The molecule has 0 heterocycles. The molecule has 0 saturated carbocycles. The van der Waals surface area contributed by atoms with Crippen molar-refractivity contribution < 1.29 is 8.95 Å². The Balaban J connectivity index is 3.62. The fourth-order valence-corrected chi connectivity index (χ4v) is 1.36. The molecule has 0 aromatic heterocycles. The van der Waals surface area contributed by atoms with E-state index in [1.165, 1.54) is 0 Å². The summed E-state index contributed by atoms with van der Waals surface area (Å²) in [6.07, 6.45) is 2.52. The number of guanidine groups is 1. The molecule has 0 bridgehead atoms. The van der Waals surface area contributed by atoms with Gasteiger partial charge in [-0.3, -0.25) is 14.6 Å². The zero-order chi connectivity index (χ0) is 12.2. The van der Waals surface area contributed by atoms with Gasteiger partial charge in [0.05, 0.1) is 0 Å². The summed E-state index contributed by atoms with van der Waals surface area (Å²) in [5.41, 5.74) is 2.47. The highest BCUT2D eigenvalue weighted by Gasteiger charge is 1.96. The van der Waals surface area contributed by atoms with E-state index in [1.54, 1.807) is 6.26 Å². The summed E-state index contributed by atoms with van der Waals surface area (Å²) >= 11 is 0. The van der Waals surface area contributed by atoms with Crippen LogP contribution >= 0.6 is 0 Å². The SMILES string of the molecule is CCOCCCN=C(NN)NCCS(C)=O. The molecule has 0 aliphatic carbocycles. The number of nitrogens with two attached hydrogens (primary N) is 1. The van der Waals surface area contributed by atoms with E-state index in [-0.39, 0.29) is 0 Å².